The summed E-state index contributed by atoms with van der Waals surface area (Å²) in [7, 11) is -3.76. The molecule has 2 aliphatic heterocycles. The van der Waals surface area contributed by atoms with E-state index in [0.717, 1.165) is 10.6 Å². The highest BCUT2D eigenvalue weighted by molar-refractivity contribution is 7.89. The van der Waals surface area contributed by atoms with Crippen LogP contribution in [-0.2, 0) is 32.5 Å². The first-order valence-electron chi connectivity index (χ1n) is 10.9. The molecule has 0 spiro atoms. The van der Waals surface area contributed by atoms with Gasteiger partial charge in [0.25, 0.3) is 0 Å². The van der Waals surface area contributed by atoms with E-state index in [0.29, 0.717) is 44.0 Å². The van der Waals surface area contributed by atoms with Gasteiger partial charge in [0.1, 0.15) is 11.6 Å². The lowest BCUT2D eigenvalue weighted by Crippen LogP contribution is -2.43. The maximum absolute atomic E-state index is 13.0. The van der Waals surface area contributed by atoms with Gasteiger partial charge >= 0.3 is 6.09 Å². The molecule has 1 saturated heterocycles. The normalized spacial score (nSPS) is 19.2. The first-order chi connectivity index (χ1) is 15.5. The quantitative estimate of drug-likeness (QED) is 0.702. The van der Waals surface area contributed by atoms with Crippen molar-refractivity contribution in [2.75, 3.05) is 18.4 Å². The molecular weight excluding hydrogens is 464 g/mol. The Bertz CT molecular complexity index is 1140. The van der Waals surface area contributed by atoms with Crippen LogP contribution in [0.1, 0.15) is 44.2 Å². The van der Waals surface area contributed by atoms with Crippen LogP contribution in [0.25, 0.3) is 0 Å². The summed E-state index contributed by atoms with van der Waals surface area (Å²) in [6.45, 7) is 6.63. The van der Waals surface area contributed by atoms with Crippen LogP contribution in [0.2, 0.25) is 0 Å². The van der Waals surface area contributed by atoms with E-state index in [1.165, 1.54) is 27.8 Å². The Balaban J connectivity index is 1.44. The number of fused-ring (bicyclic) bond motifs is 1. The smallest absolute Gasteiger partial charge is 0.410 e. The van der Waals surface area contributed by atoms with Gasteiger partial charge in [0.05, 0.1) is 17.1 Å². The molecule has 3 heterocycles. The van der Waals surface area contributed by atoms with Crippen molar-refractivity contribution in [3.8, 4) is 0 Å². The predicted octanol–water partition coefficient (Wildman–Crippen LogP) is 3.23. The number of carbonyl (C=O) groups is 2. The summed E-state index contributed by atoms with van der Waals surface area (Å²) in [5.41, 5.74) is 0.271. The van der Waals surface area contributed by atoms with Gasteiger partial charge in [0.15, 0.2) is 5.13 Å². The first kappa shape index (κ1) is 23.7. The number of rotatable bonds is 4. The van der Waals surface area contributed by atoms with Crippen molar-refractivity contribution in [3.63, 3.8) is 0 Å². The van der Waals surface area contributed by atoms with E-state index in [-0.39, 0.29) is 16.9 Å². The van der Waals surface area contributed by atoms with Crippen LogP contribution in [0, 0.1) is 0 Å². The number of carbonyl (C=O) groups excluding carboxylic acids is 2. The topological polar surface area (TPSA) is 109 Å². The number of aromatic nitrogens is 1. The first-order valence-corrected chi connectivity index (χ1v) is 13.1. The summed E-state index contributed by atoms with van der Waals surface area (Å²) in [6.07, 6.45) is 1.26. The molecule has 1 unspecified atom stereocenters. The van der Waals surface area contributed by atoms with E-state index < -0.39 is 21.7 Å². The third kappa shape index (κ3) is 5.20. The van der Waals surface area contributed by atoms with Crippen molar-refractivity contribution >= 4 is 38.5 Å². The standard InChI is InChI=1S/C22H28N4O5S2/c1-22(2,3)31-21(28)25-13-11-16-18(14-25)32-20(23-16)24-19(27)17-10-7-12-26(17)33(29,30)15-8-5-4-6-9-15/h4-6,8-9,17H,7,10-14H2,1-3H3,(H,23,24,27). The molecule has 1 aromatic heterocycles. The van der Waals surface area contributed by atoms with Gasteiger partial charge in [-0.2, -0.15) is 4.31 Å². The molecule has 9 nitrogen and oxygen atoms in total. The summed E-state index contributed by atoms with van der Waals surface area (Å²) in [5, 5.41) is 3.22. The summed E-state index contributed by atoms with van der Waals surface area (Å²) >= 11 is 1.31. The van der Waals surface area contributed by atoms with Crippen LogP contribution in [0.4, 0.5) is 9.93 Å². The highest BCUT2D eigenvalue weighted by Crippen LogP contribution is 2.31. The summed E-state index contributed by atoms with van der Waals surface area (Å²) < 4.78 is 32.8. The Kier molecular flexibility index (Phi) is 6.47. The minimum absolute atomic E-state index is 0.177. The van der Waals surface area contributed by atoms with Crippen molar-refractivity contribution in [2.45, 2.75) is 63.1 Å². The maximum atomic E-state index is 13.0. The number of ether oxygens (including phenoxy) is 1. The Morgan fingerprint density at radius 2 is 1.91 bits per heavy atom. The second-order valence-electron chi connectivity index (χ2n) is 9.12. The molecule has 0 aliphatic carbocycles. The van der Waals surface area contributed by atoms with Crippen LogP contribution >= 0.6 is 11.3 Å². The van der Waals surface area contributed by atoms with Gasteiger partial charge in [-0.25, -0.2) is 18.2 Å². The number of amides is 2. The van der Waals surface area contributed by atoms with Crippen molar-refractivity contribution in [3.05, 3.63) is 40.9 Å². The Labute approximate surface area is 197 Å². The summed E-state index contributed by atoms with van der Waals surface area (Å²) in [5.74, 6) is -0.387. The largest absolute Gasteiger partial charge is 0.444 e. The van der Waals surface area contributed by atoms with Gasteiger partial charge in [-0.3, -0.25) is 4.79 Å². The number of nitrogens with one attached hydrogen (secondary N) is 1. The minimum atomic E-state index is -3.76. The van der Waals surface area contributed by atoms with E-state index in [2.05, 4.69) is 10.3 Å². The van der Waals surface area contributed by atoms with Crippen LogP contribution in [0.5, 0.6) is 0 Å². The van der Waals surface area contributed by atoms with Gasteiger partial charge in [0.2, 0.25) is 15.9 Å². The third-order valence-corrected chi connectivity index (χ3v) is 8.39. The fourth-order valence-corrected chi connectivity index (χ4v) is 6.64. The van der Waals surface area contributed by atoms with Crippen LogP contribution in [0.3, 0.4) is 0 Å². The average molecular weight is 493 g/mol. The fraction of sp³-hybridized carbons (Fsp3) is 0.500. The SMILES string of the molecule is CC(C)(C)OC(=O)N1CCc2nc(NC(=O)C3CCCN3S(=O)(=O)c3ccccc3)sc2C1. The molecule has 2 amide bonds. The van der Waals surface area contributed by atoms with E-state index >= 15 is 0 Å². The van der Waals surface area contributed by atoms with Gasteiger partial charge in [-0.1, -0.05) is 29.5 Å². The average Bonchev–Trinajstić information content (AvgIpc) is 3.39. The van der Waals surface area contributed by atoms with E-state index in [1.807, 2.05) is 20.8 Å². The van der Waals surface area contributed by atoms with Gasteiger partial charge in [-0.05, 0) is 45.7 Å². The number of benzene rings is 1. The molecule has 33 heavy (non-hydrogen) atoms. The second-order valence-corrected chi connectivity index (χ2v) is 12.1. The molecule has 11 heteroatoms. The zero-order valence-corrected chi connectivity index (χ0v) is 20.5. The molecule has 4 rings (SSSR count). The van der Waals surface area contributed by atoms with E-state index in [4.69, 9.17) is 4.74 Å². The number of anilines is 1. The summed E-state index contributed by atoms with van der Waals surface area (Å²) in [6, 6.07) is 7.37. The lowest BCUT2D eigenvalue weighted by atomic mass is 10.2. The number of hydrogen-bond donors (Lipinski definition) is 1. The monoisotopic (exact) mass is 492 g/mol. The molecule has 2 aromatic rings. The Hall–Kier alpha value is -2.50. The number of sulfonamides is 1. The molecule has 0 saturated carbocycles. The fourth-order valence-electron chi connectivity index (χ4n) is 3.94. The predicted molar refractivity (Wildman–Crippen MR) is 124 cm³/mol. The van der Waals surface area contributed by atoms with Crippen LogP contribution in [-0.4, -0.2) is 59.3 Å². The van der Waals surface area contributed by atoms with E-state index in [1.54, 1.807) is 23.1 Å². The lowest BCUT2D eigenvalue weighted by Gasteiger charge is -2.29. The van der Waals surface area contributed by atoms with Gasteiger partial charge in [-0.15, -0.1) is 0 Å². The molecule has 0 bridgehead atoms. The van der Waals surface area contributed by atoms with Gasteiger partial charge in [0, 0.05) is 24.4 Å². The van der Waals surface area contributed by atoms with Crippen molar-refractivity contribution in [1.29, 1.82) is 0 Å². The van der Waals surface area contributed by atoms with E-state index in [9.17, 15) is 18.0 Å². The minimum Gasteiger partial charge on any atom is -0.444 e. The third-order valence-electron chi connectivity index (χ3n) is 5.47. The highest BCUT2D eigenvalue weighted by atomic mass is 32.2. The zero-order chi connectivity index (χ0) is 23.8. The molecular formula is C22H28N4O5S2. The van der Waals surface area contributed by atoms with Crippen molar-refractivity contribution < 1.29 is 22.7 Å². The second kappa shape index (κ2) is 9.03. The molecule has 1 N–H and O–H groups in total. The highest BCUT2D eigenvalue weighted by Gasteiger charge is 2.40. The number of nitrogens with zero attached hydrogens (tertiary/aromatic N) is 3. The molecule has 178 valence electrons. The lowest BCUT2D eigenvalue weighted by molar-refractivity contribution is -0.119. The number of thiazole rings is 1. The molecule has 0 radical (unpaired) electrons. The summed E-state index contributed by atoms with van der Waals surface area (Å²) in [4.78, 5) is 32.6. The van der Waals surface area contributed by atoms with Crippen molar-refractivity contribution in [1.82, 2.24) is 14.2 Å². The molecule has 1 fully saturated rings. The molecule has 2 aliphatic rings. The molecule has 1 atom stereocenters. The van der Waals surface area contributed by atoms with Crippen LogP contribution < -0.4 is 5.32 Å². The van der Waals surface area contributed by atoms with Crippen LogP contribution in [0.15, 0.2) is 35.2 Å². The van der Waals surface area contributed by atoms with Gasteiger partial charge < -0.3 is 15.0 Å². The van der Waals surface area contributed by atoms with Crippen molar-refractivity contribution in [2.24, 2.45) is 0 Å². The maximum Gasteiger partial charge on any atom is 0.410 e. The Morgan fingerprint density at radius 1 is 1.18 bits per heavy atom. The molecule has 1 aromatic carbocycles. The Morgan fingerprint density at radius 3 is 2.61 bits per heavy atom. The zero-order valence-electron chi connectivity index (χ0n) is 18.9. The number of hydrogen-bond acceptors (Lipinski definition) is 7.